The van der Waals surface area contributed by atoms with E-state index in [1.165, 1.54) is 23.3 Å². The smallest absolute Gasteiger partial charge is 0.140 e. The Balaban J connectivity index is 1.65. The van der Waals surface area contributed by atoms with Crippen LogP contribution in [-0.2, 0) is 9.53 Å². The summed E-state index contributed by atoms with van der Waals surface area (Å²) in [6, 6.07) is 6.60. The van der Waals surface area contributed by atoms with Crippen LogP contribution in [0.2, 0.25) is 0 Å². The minimum Gasteiger partial charge on any atom is -0.489 e. The number of allylic oxidation sites excluding steroid dienone is 2. The van der Waals surface area contributed by atoms with Crippen molar-refractivity contribution in [1.29, 1.82) is 0 Å². The van der Waals surface area contributed by atoms with Crippen molar-refractivity contribution in [2.24, 2.45) is 17.8 Å². The molecular formula is C21H21FO2. The van der Waals surface area contributed by atoms with Crippen LogP contribution in [-0.4, -0.2) is 11.9 Å². The van der Waals surface area contributed by atoms with Gasteiger partial charge in [-0.15, -0.1) is 0 Å². The minimum absolute atomic E-state index is 0.131. The van der Waals surface area contributed by atoms with Crippen molar-refractivity contribution in [1.82, 2.24) is 0 Å². The summed E-state index contributed by atoms with van der Waals surface area (Å²) in [7, 11) is 0. The van der Waals surface area contributed by atoms with Crippen LogP contribution in [0, 0.1) is 23.6 Å². The van der Waals surface area contributed by atoms with Gasteiger partial charge in [-0.05, 0) is 62.3 Å². The number of hydrogen-bond donors (Lipinski definition) is 0. The predicted octanol–water partition coefficient (Wildman–Crippen LogP) is 4.66. The van der Waals surface area contributed by atoms with E-state index in [0.717, 1.165) is 49.8 Å². The Hall–Kier alpha value is -1.90. The fourth-order valence-electron chi connectivity index (χ4n) is 5.36. The third-order valence-corrected chi connectivity index (χ3v) is 6.29. The summed E-state index contributed by atoms with van der Waals surface area (Å²) in [5, 5.41) is 0. The van der Waals surface area contributed by atoms with Gasteiger partial charge in [-0.3, -0.25) is 4.79 Å². The van der Waals surface area contributed by atoms with Crippen LogP contribution in [0.5, 0.6) is 0 Å². The molecule has 0 radical (unpaired) electrons. The molecule has 3 heteroatoms. The highest BCUT2D eigenvalue weighted by atomic mass is 19.1. The number of hydrogen-bond acceptors (Lipinski definition) is 2. The average Bonchev–Trinajstić information content (AvgIpc) is 2.96. The van der Waals surface area contributed by atoms with Gasteiger partial charge in [-0.2, -0.15) is 0 Å². The molecule has 0 N–H and O–H groups in total. The largest absolute Gasteiger partial charge is 0.489 e. The molecule has 1 heterocycles. The first kappa shape index (κ1) is 14.4. The second-order valence-corrected chi connectivity index (χ2v) is 7.58. The van der Waals surface area contributed by atoms with E-state index in [0.29, 0.717) is 17.6 Å². The first-order valence-corrected chi connectivity index (χ1v) is 9.12. The zero-order valence-electron chi connectivity index (χ0n) is 13.6. The molecule has 4 aliphatic rings. The Morgan fingerprint density at radius 1 is 1.04 bits per heavy atom. The molecule has 5 rings (SSSR count). The lowest BCUT2D eigenvalue weighted by atomic mass is 9.59. The fourth-order valence-corrected chi connectivity index (χ4v) is 5.36. The molecule has 1 aromatic rings. The quantitative estimate of drug-likeness (QED) is 0.751. The standard InChI is InChI=1S/C21H21FO2/c22-14-9-7-12(8-10-14)21-16-11-13-3-1-5-17(23)19(13)15-4-2-6-18(24-21)20(15)16/h7-11,15,18-20H,1-6H2/t15-,18-,19+,20-/m0/s1. The van der Waals surface area contributed by atoms with Gasteiger partial charge in [0.1, 0.15) is 23.5 Å². The number of halogens is 1. The molecule has 0 bridgehead atoms. The zero-order chi connectivity index (χ0) is 16.3. The van der Waals surface area contributed by atoms with E-state index in [1.807, 2.05) is 0 Å². The van der Waals surface area contributed by atoms with E-state index < -0.39 is 0 Å². The van der Waals surface area contributed by atoms with Crippen LogP contribution in [0.3, 0.4) is 0 Å². The molecule has 0 spiro atoms. The van der Waals surface area contributed by atoms with E-state index in [9.17, 15) is 9.18 Å². The van der Waals surface area contributed by atoms with Crippen molar-refractivity contribution in [3.63, 3.8) is 0 Å². The summed E-state index contributed by atoms with van der Waals surface area (Å²) < 4.78 is 19.6. The molecule has 0 unspecified atom stereocenters. The number of ether oxygens (including phenoxy) is 1. The highest BCUT2D eigenvalue weighted by Crippen LogP contribution is 2.55. The van der Waals surface area contributed by atoms with Crippen LogP contribution in [0.25, 0.3) is 5.76 Å². The Morgan fingerprint density at radius 2 is 1.88 bits per heavy atom. The van der Waals surface area contributed by atoms with Crippen molar-refractivity contribution in [2.75, 3.05) is 0 Å². The maximum Gasteiger partial charge on any atom is 0.140 e. The highest BCUT2D eigenvalue weighted by molar-refractivity contribution is 5.86. The van der Waals surface area contributed by atoms with Gasteiger partial charge in [0.2, 0.25) is 0 Å². The number of fused-ring (bicyclic) bond motifs is 2. The van der Waals surface area contributed by atoms with E-state index in [-0.39, 0.29) is 17.8 Å². The van der Waals surface area contributed by atoms with Crippen molar-refractivity contribution in [3.05, 3.63) is 52.9 Å². The average molecular weight is 324 g/mol. The van der Waals surface area contributed by atoms with Crippen LogP contribution >= 0.6 is 0 Å². The molecule has 2 saturated carbocycles. The van der Waals surface area contributed by atoms with Crippen LogP contribution in [0.4, 0.5) is 4.39 Å². The Labute approximate surface area is 141 Å². The van der Waals surface area contributed by atoms with Crippen molar-refractivity contribution >= 4 is 11.5 Å². The maximum atomic E-state index is 13.3. The SMILES string of the molecule is O=C1CCCC2=CC3=C(c4ccc(F)cc4)O[C@H]4CCC[C@@H]([C@H]12)[C@@H]34. The Kier molecular flexibility index (Phi) is 3.19. The summed E-state index contributed by atoms with van der Waals surface area (Å²) in [6.45, 7) is 0. The monoisotopic (exact) mass is 324 g/mol. The van der Waals surface area contributed by atoms with Crippen LogP contribution in [0.15, 0.2) is 41.5 Å². The summed E-state index contributed by atoms with van der Waals surface area (Å²) >= 11 is 0. The van der Waals surface area contributed by atoms with Gasteiger partial charge in [-0.25, -0.2) is 4.39 Å². The number of carbonyl (C=O) groups excluding carboxylic acids is 1. The third-order valence-electron chi connectivity index (χ3n) is 6.29. The number of rotatable bonds is 1. The molecule has 4 atom stereocenters. The molecule has 2 nitrogen and oxygen atoms in total. The predicted molar refractivity (Wildman–Crippen MR) is 89.5 cm³/mol. The summed E-state index contributed by atoms with van der Waals surface area (Å²) in [5.74, 6) is 2.01. The van der Waals surface area contributed by atoms with E-state index in [4.69, 9.17) is 4.74 Å². The van der Waals surface area contributed by atoms with Gasteiger partial charge in [0, 0.05) is 29.4 Å². The van der Waals surface area contributed by atoms with Crippen molar-refractivity contribution in [3.8, 4) is 0 Å². The third kappa shape index (κ3) is 2.03. The molecule has 1 aliphatic heterocycles. The summed E-state index contributed by atoms with van der Waals surface area (Å²) in [5.41, 5.74) is 3.53. The van der Waals surface area contributed by atoms with E-state index >= 15 is 0 Å². The Morgan fingerprint density at radius 3 is 2.71 bits per heavy atom. The van der Waals surface area contributed by atoms with E-state index in [2.05, 4.69) is 6.08 Å². The molecule has 0 saturated heterocycles. The molecule has 24 heavy (non-hydrogen) atoms. The fraction of sp³-hybridized carbons (Fsp3) is 0.476. The van der Waals surface area contributed by atoms with E-state index in [1.54, 1.807) is 12.1 Å². The maximum absolute atomic E-state index is 13.3. The molecule has 0 amide bonds. The number of ketones is 1. The Bertz CT molecular complexity index is 759. The van der Waals surface area contributed by atoms with Gasteiger partial charge in [0.25, 0.3) is 0 Å². The van der Waals surface area contributed by atoms with Crippen LogP contribution in [0.1, 0.15) is 44.1 Å². The first-order valence-electron chi connectivity index (χ1n) is 9.12. The zero-order valence-corrected chi connectivity index (χ0v) is 13.6. The number of carbonyl (C=O) groups is 1. The van der Waals surface area contributed by atoms with Gasteiger partial charge >= 0.3 is 0 Å². The molecule has 2 fully saturated rings. The highest BCUT2D eigenvalue weighted by Gasteiger charge is 2.51. The molecule has 3 aliphatic carbocycles. The molecule has 0 aromatic heterocycles. The lowest BCUT2D eigenvalue weighted by Gasteiger charge is -2.43. The summed E-state index contributed by atoms with van der Waals surface area (Å²) in [4.78, 5) is 12.6. The molecule has 124 valence electrons. The lowest BCUT2D eigenvalue weighted by molar-refractivity contribution is -0.126. The normalized spacial score (nSPS) is 34.4. The van der Waals surface area contributed by atoms with Gasteiger partial charge in [0.05, 0.1) is 0 Å². The van der Waals surface area contributed by atoms with Crippen LogP contribution < -0.4 is 0 Å². The van der Waals surface area contributed by atoms with Crippen molar-refractivity contribution < 1.29 is 13.9 Å². The van der Waals surface area contributed by atoms with Gasteiger partial charge in [-0.1, -0.05) is 11.6 Å². The lowest BCUT2D eigenvalue weighted by Crippen LogP contribution is -2.42. The number of benzene rings is 1. The topological polar surface area (TPSA) is 26.3 Å². The van der Waals surface area contributed by atoms with Gasteiger partial charge < -0.3 is 4.74 Å². The first-order chi connectivity index (χ1) is 11.7. The van der Waals surface area contributed by atoms with Crippen molar-refractivity contribution in [2.45, 2.75) is 44.6 Å². The van der Waals surface area contributed by atoms with Gasteiger partial charge in [0.15, 0.2) is 0 Å². The number of Topliss-reactive ketones (excluding diaryl/α,β-unsaturated/α-hetero) is 1. The minimum atomic E-state index is -0.224. The second-order valence-electron chi connectivity index (χ2n) is 7.58. The summed E-state index contributed by atoms with van der Waals surface area (Å²) in [6.07, 6.45) is 8.50. The second kappa shape index (κ2) is 5.30. The molecular weight excluding hydrogens is 303 g/mol. The molecule has 1 aromatic carbocycles.